The van der Waals surface area contributed by atoms with E-state index in [1.54, 1.807) is 14.0 Å². The molecule has 1 saturated carbocycles. The molecule has 3 N–H and O–H groups in total. The number of halogens is 1. The van der Waals surface area contributed by atoms with Gasteiger partial charge in [0.15, 0.2) is 0 Å². The summed E-state index contributed by atoms with van der Waals surface area (Å²) >= 11 is 0. The molecule has 0 spiro atoms. The van der Waals surface area contributed by atoms with Crippen LogP contribution in [0.25, 0.3) is 0 Å². The van der Waals surface area contributed by atoms with Crippen LogP contribution in [0.2, 0.25) is 0 Å². The molecule has 7 heteroatoms. The minimum Gasteiger partial charge on any atom is -0.496 e. The van der Waals surface area contributed by atoms with Crippen molar-refractivity contribution < 1.29 is 18.7 Å². The zero-order valence-corrected chi connectivity index (χ0v) is 14.2. The van der Waals surface area contributed by atoms with E-state index >= 15 is 0 Å². The first-order chi connectivity index (χ1) is 11.5. The molecule has 132 valence electrons. The van der Waals surface area contributed by atoms with Gasteiger partial charge in [-0.05, 0) is 38.0 Å². The minimum absolute atomic E-state index is 0.0577. The van der Waals surface area contributed by atoms with Gasteiger partial charge in [-0.1, -0.05) is 6.42 Å². The van der Waals surface area contributed by atoms with Gasteiger partial charge in [0.1, 0.15) is 11.6 Å². The predicted molar refractivity (Wildman–Crippen MR) is 88.2 cm³/mol. The number of carbonyl (C=O) groups excluding carboxylic acids is 2. The molecule has 6 nitrogen and oxygen atoms in total. The molecule has 1 aliphatic rings. The van der Waals surface area contributed by atoms with Gasteiger partial charge < -0.3 is 20.7 Å². The van der Waals surface area contributed by atoms with Crippen LogP contribution in [-0.2, 0) is 4.79 Å². The molecule has 0 aliphatic heterocycles. The first-order valence-electron chi connectivity index (χ1n) is 8.08. The number of nitrogens with one attached hydrogen (secondary N) is 3. The van der Waals surface area contributed by atoms with E-state index in [9.17, 15) is 14.0 Å². The molecule has 1 aromatic carbocycles. The zero-order valence-electron chi connectivity index (χ0n) is 14.2. The highest BCUT2D eigenvalue weighted by atomic mass is 19.1. The number of rotatable bonds is 5. The molecule has 1 fully saturated rings. The van der Waals surface area contributed by atoms with Crippen molar-refractivity contribution in [3.8, 4) is 5.75 Å². The van der Waals surface area contributed by atoms with Crippen molar-refractivity contribution >= 4 is 11.9 Å². The largest absolute Gasteiger partial charge is 0.496 e. The first-order valence-corrected chi connectivity index (χ1v) is 8.08. The topological polar surface area (TPSA) is 79.5 Å². The van der Waals surface area contributed by atoms with Gasteiger partial charge in [-0.3, -0.25) is 4.79 Å². The SMILES string of the molecule is CNC(=O)C1CCCC1NC(=O)NC(C)c1cc(F)ccc1OC. The molecule has 3 atom stereocenters. The molecule has 3 amide bonds. The Hall–Kier alpha value is -2.31. The maximum atomic E-state index is 13.5. The molecule has 0 aromatic heterocycles. The quantitative estimate of drug-likeness (QED) is 0.770. The van der Waals surface area contributed by atoms with Crippen LogP contribution >= 0.6 is 0 Å². The summed E-state index contributed by atoms with van der Waals surface area (Å²) in [5.41, 5.74) is 0.557. The van der Waals surface area contributed by atoms with Gasteiger partial charge in [-0.15, -0.1) is 0 Å². The van der Waals surface area contributed by atoms with Crippen LogP contribution in [0.4, 0.5) is 9.18 Å². The lowest BCUT2D eigenvalue weighted by Crippen LogP contribution is -2.47. The van der Waals surface area contributed by atoms with E-state index in [1.165, 1.54) is 25.3 Å². The van der Waals surface area contributed by atoms with Crippen LogP contribution in [0.1, 0.15) is 37.8 Å². The highest BCUT2D eigenvalue weighted by Gasteiger charge is 2.33. The average molecular weight is 337 g/mol. The number of benzene rings is 1. The Balaban J connectivity index is 1.99. The third-order valence-corrected chi connectivity index (χ3v) is 4.42. The number of hydrogen-bond donors (Lipinski definition) is 3. The van der Waals surface area contributed by atoms with Crippen LogP contribution in [0, 0.1) is 11.7 Å². The van der Waals surface area contributed by atoms with Crippen molar-refractivity contribution in [1.82, 2.24) is 16.0 Å². The van der Waals surface area contributed by atoms with Crippen LogP contribution in [0.15, 0.2) is 18.2 Å². The number of carbonyl (C=O) groups is 2. The Labute approximate surface area is 141 Å². The Bertz CT molecular complexity index is 609. The third kappa shape index (κ3) is 4.15. The summed E-state index contributed by atoms with van der Waals surface area (Å²) in [7, 11) is 3.09. The third-order valence-electron chi connectivity index (χ3n) is 4.42. The minimum atomic E-state index is -0.435. The molecule has 0 saturated heterocycles. The number of amides is 3. The van der Waals surface area contributed by atoms with E-state index < -0.39 is 11.9 Å². The summed E-state index contributed by atoms with van der Waals surface area (Å²) in [5, 5.41) is 8.25. The Kier molecular flexibility index (Phi) is 6.00. The maximum absolute atomic E-state index is 13.5. The smallest absolute Gasteiger partial charge is 0.315 e. The predicted octanol–water partition coefficient (Wildman–Crippen LogP) is 2.11. The van der Waals surface area contributed by atoms with E-state index in [0.717, 1.165) is 19.3 Å². The van der Waals surface area contributed by atoms with Gasteiger partial charge in [0, 0.05) is 18.7 Å². The molecule has 1 aromatic rings. The van der Waals surface area contributed by atoms with Crippen LogP contribution in [-0.4, -0.2) is 32.1 Å². The van der Waals surface area contributed by atoms with E-state index in [1.807, 2.05) is 0 Å². The van der Waals surface area contributed by atoms with E-state index in [0.29, 0.717) is 11.3 Å². The molecule has 24 heavy (non-hydrogen) atoms. The number of ether oxygens (including phenoxy) is 1. The molecule has 1 aliphatic carbocycles. The van der Waals surface area contributed by atoms with Gasteiger partial charge in [0.25, 0.3) is 0 Å². The highest BCUT2D eigenvalue weighted by Crippen LogP contribution is 2.27. The highest BCUT2D eigenvalue weighted by molar-refractivity contribution is 5.81. The number of methoxy groups -OCH3 is 1. The van der Waals surface area contributed by atoms with Crippen LogP contribution < -0.4 is 20.7 Å². The molecule has 3 unspecified atom stereocenters. The fourth-order valence-electron chi connectivity index (χ4n) is 3.16. The zero-order chi connectivity index (χ0) is 17.7. The monoisotopic (exact) mass is 337 g/mol. The molecular weight excluding hydrogens is 313 g/mol. The summed E-state index contributed by atoms with van der Waals surface area (Å²) in [6.07, 6.45) is 2.43. The Morgan fingerprint density at radius 3 is 2.75 bits per heavy atom. The van der Waals surface area contributed by atoms with Gasteiger partial charge in [-0.25, -0.2) is 9.18 Å². The second-order valence-electron chi connectivity index (χ2n) is 5.98. The van der Waals surface area contributed by atoms with Gasteiger partial charge in [0.05, 0.1) is 19.1 Å². The molecule has 0 heterocycles. The molecule has 0 radical (unpaired) electrons. The molecule has 0 bridgehead atoms. The Morgan fingerprint density at radius 1 is 1.33 bits per heavy atom. The fourth-order valence-corrected chi connectivity index (χ4v) is 3.16. The first kappa shape index (κ1) is 18.0. The van der Waals surface area contributed by atoms with Crippen LogP contribution in [0.5, 0.6) is 5.75 Å². The van der Waals surface area contributed by atoms with Crippen molar-refractivity contribution in [2.24, 2.45) is 5.92 Å². The van der Waals surface area contributed by atoms with E-state index in [4.69, 9.17) is 4.74 Å². The van der Waals surface area contributed by atoms with Crippen molar-refractivity contribution in [3.05, 3.63) is 29.6 Å². The van der Waals surface area contributed by atoms with Crippen molar-refractivity contribution in [2.45, 2.75) is 38.3 Å². The lowest BCUT2D eigenvalue weighted by atomic mass is 10.0. The lowest BCUT2D eigenvalue weighted by Gasteiger charge is -2.22. The van der Waals surface area contributed by atoms with Gasteiger partial charge in [0.2, 0.25) is 5.91 Å². The van der Waals surface area contributed by atoms with Crippen molar-refractivity contribution in [1.29, 1.82) is 0 Å². The summed E-state index contributed by atoms with van der Waals surface area (Å²) in [6, 6.07) is 3.17. The summed E-state index contributed by atoms with van der Waals surface area (Å²) < 4.78 is 18.7. The van der Waals surface area contributed by atoms with Gasteiger partial charge >= 0.3 is 6.03 Å². The Morgan fingerprint density at radius 2 is 2.08 bits per heavy atom. The van der Waals surface area contributed by atoms with Crippen molar-refractivity contribution in [3.63, 3.8) is 0 Å². The van der Waals surface area contributed by atoms with Crippen LogP contribution in [0.3, 0.4) is 0 Å². The number of urea groups is 1. The van der Waals surface area contributed by atoms with E-state index in [-0.39, 0.29) is 23.9 Å². The van der Waals surface area contributed by atoms with E-state index in [2.05, 4.69) is 16.0 Å². The lowest BCUT2D eigenvalue weighted by molar-refractivity contribution is -0.124. The van der Waals surface area contributed by atoms with Crippen molar-refractivity contribution in [2.75, 3.05) is 14.2 Å². The molecular formula is C17H24FN3O3. The maximum Gasteiger partial charge on any atom is 0.315 e. The second-order valence-corrected chi connectivity index (χ2v) is 5.98. The second kappa shape index (κ2) is 7.99. The fraction of sp³-hybridized carbons (Fsp3) is 0.529. The van der Waals surface area contributed by atoms with Gasteiger partial charge in [-0.2, -0.15) is 0 Å². The number of hydrogen-bond acceptors (Lipinski definition) is 3. The normalized spacial score (nSPS) is 21.0. The summed E-state index contributed by atoms with van der Waals surface area (Å²) in [4.78, 5) is 24.1. The summed E-state index contributed by atoms with van der Waals surface area (Å²) in [5.74, 6) is -0.152. The average Bonchev–Trinajstić information content (AvgIpc) is 3.01. The standard InChI is InChI=1S/C17H24FN3O3/c1-10(13-9-11(18)7-8-15(13)24-3)20-17(23)21-14-6-4-5-12(14)16(22)19-2/h7-10,12,14H,4-6H2,1-3H3,(H,19,22)(H2,20,21,23). The molecule has 2 rings (SSSR count). The summed E-state index contributed by atoms with van der Waals surface area (Å²) in [6.45, 7) is 1.75.